The average Bonchev–Trinajstić information content (AvgIpc) is 3.59. The fraction of sp³-hybridized carbons (Fsp3) is 0.923. The largest absolute Gasteiger partial charge is 0.349 e. The average molecular weight is 579 g/mol. The number of thiocarbonyl (C=S) groups is 2. The van der Waals surface area contributed by atoms with Crippen LogP contribution in [0, 0.1) is 11.8 Å². The number of unbranched alkanes of at least 4 members (excludes halogenated alkanes) is 1. The normalized spacial score (nSPS) is 17.3. The van der Waals surface area contributed by atoms with Crippen LogP contribution >= 0.6 is 39.0 Å². The summed E-state index contributed by atoms with van der Waals surface area (Å²) >= 11 is 11.6. The number of hydrogen-bond donors (Lipinski definition) is 2. The molecule has 2 rings (SSSR count). The van der Waals surface area contributed by atoms with Gasteiger partial charge in [0.15, 0.2) is 24.8 Å². The fourth-order valence-electron chi connectivity index (χ4n) is 5.42. The molecule has 0 bridgehead atoms. The molecule has 2 fully saturated rings. The zero-order valence-electron chi connectivity index (χ0n) is 23.3. The molecule has 0 spiro atoms. The lowest BCUT2D eigenvalue weighted by molar-refractivity contribution is 0.307. The van der Waals surface area contributed by atoms with Gasteiger partial charge >= 0.3 is 0 Å². The predicted octanol–water partition coefficient (Wildman–Crippen LogP) is 7.14. The summed E-state index contributed by atoms with van der Waals surface area (Å²) in [6, 6.07) is 0. The third-order valence-corrected chi connectivity index (χ3v) is 14.6. The van der Waals surface area contributed by atoms with E-state index in [4.69, 9.17) is 24.4 Å². The van der Waals surface area contributed by atoms with E-state index in [1.165, 1.54) is 51.4 Å². The lowest BCUT2D eigenvalue weighted by Gasteiger charge is -2.32. The summed E-state index contributed by atoms with van der Waals surface area (Å²) < 4.78 is 26.1. The van der Waals surface area contributed by atoms with Gasteiger partial charge in [0.05, 0.1) is 0 Å². The molecule has 2 aliphatic rings. The van der Waals surface area contributed by atoms with Crippen molar-refractivity contribution >= 4 is 49.2 Å². The Bertz CT molecular complexity index is 706. The van der Waals surface area contributed by atoms with Crippen LogP contribution < -0.4 is 10.2 Å². The second-order valence-electron chi connectivity index (χ2n) is 10.8. The number of rotatable bonds is 15. The van der Waals surface area contributed by atoms with Gasteiger partial charge in [-0.3, -0.25) is 0 Å². The minimum Gasteiger partial charge on any atom is -0.349 e. The second kappa shape index (κ2) is 16.1. The summed E-state index contributed by atoms with van der Waals surface area (Å²) in [7, 11) is -4.88. The van der Waals surface area contributed by atoms with Crippen LogP contribution in [0.25, 0.3) is 0 Å². The molecule has 0 saturated heterocycles. The van der Waals surface area contributed by atoms with Gasteiger partial charge in [-0.1, -0.05) is 53.4 Å². The first-order valence-corrected chi connectivity index (χ1v) is 19.4. The van der Waals surface area contributed by atoms with Crippen molar-refractivity contribution in [3.63, 3.8) is 0 Å². The van der Waals surface area contributed by atoms with Crippen molar-refractivity contribution in [2.24, 2.45) is 11.8 Å². The monoisotopic (exact) mass is 578 g/mol. The lowest BCUT2D eigenvalue weighted by atomic mass is 10.1. The van der Waals surface area contributed by atoms with Gasteiger partial charge in [0, 0.05) is 50.8 Å². The molecule has 6 nitrogen and oxygen atoms in total. The molecule has 0 heterocycles. The van der Waals surface area contributed by atoms with Crippen LogP contribution in [0.15, 0.2) is 0 Å². The van der Waals surface area contributed by atoms with Crippen LogP contribution in [0.5, 0.6) is 0 Å². The van der Waals surface area contributed by atoms with Crippen LogP contribution in [-0.2, 0) is 9.13 Å². The van der Waals surface area contributed by atoms with E-state index in [0.717, 1.165) is 39.0 Å². The number of nitrogens with zero attached hydrogens (tertiary/aromatic N) is 2. The van der Waals surface area contributed by atoms with E-state index in [1.54, 1.807) is 0 Å². The Morgan fingerprint density at radius 2 is 0.972 bits per heavy atom. The van der Waals surface area contributed by atoms with Crippen LogP contribution in [0.2, 0.25) is 0 Å². The highest BCUT2D eigenvalue weighted by molar-refractivity contribution is 7.81. The first-order chi connectivity index (χ1) is 17.2. The van der Waals surface area contributed by atoms with Gasteiger partial charge in [0.2, 0.25) is 0 Å². The Labute approximate surface area is 232 Å². The van der Waals surface area contributed by atoms with E-state index in [-0.39, 0.29) is 0 Å². The van der Waals surface area contributed by atoms with Gasteiger partial charge in [-0.25, -0.2) is 0 Å². The molecular formula is C26H52N4O2P2S2. The maximum atomic E-state index is 13.0. The Kier molecular flexibility index (Phi) is 14.3. The molecule has 0 atom stereocenters. The lowest BCUT2D eigenvalue weighted by Crippen LogP contribution is -2.43. The molecule has 36 heavy (non-hydrogen) atoms. The molecule has 0 unspecified atom stereocenters. The molecule has 0 aromatic heterocycles. The highest BCUT2D eigenvalue weighted by atomic mass is 32.1. The van der Waals surface area contributed by atoms with Gasteiger partial charge < -0.3 is 29.1 Å². The summed E-state index contributed by atoms with van der Waals surface area (Å²) in [5.41, 5.74) is 0. The first-order valence-electron chi connectivity index (χ1n) is 14.5. The highest BCUT2D eigenvalue weighted by Crippen LogP contribution is 2.41. The summed E-state index contributed by atoms with van der Waals surface area (Å²) in [6.45, 7) is 11.6. The van der Waals surface area contributed by atoms with Gasteiger partial charge in [0.25, 0.3) is 0 Å². The molecular weight excluding hydrogens is 526 g/mol. The smallest absolute Gasteiger partial charge is 0.174 e. The molecule has 0 aromatic carbocycles. The standard InChI is InChI=1S/C26H52N4O2P2S2/c1-5-33(31,6-2)27-25(35)29(21-23-15-9-10-16-23)19-13-14-20-30(22-24-17-11-12-18-24)26(36)28-34(32,7-3)8-4/h23-24H,5-22H2,1-4H3,(H,27,31,35)(H,28,32,36). The topological polar surface area (TPSA) is 64.7 Å². The van der Waals surface area contributed by atoms with Crippen LogP contribution in [0.4, 0.5) is 0 Å². The van der Waals surface area contributed by atoms with Crippen molar-refractivity contribution in [3.05, 3.63) is 0 Å². The summed E-state index contributed by atoms with van der Waals surface area (Å²) in [4.78, 5) is 4.56. The highest BCUT2D eigenvalue weighted by Gasteiger charge is 2.26. The Hall–Kier alpha value is -0.160. The second-order valence-corrected chi connectivity index (χ2v) is 18.1. The quantitative estimate of drug-likeness (QED) is 0.121. The van der Waals surface area contributed by atoms with Gasteiger partial charge in [-0.2, -0.15) is 0 Å². The van der Waals surface area contributed by atoms with E-state index >= 15 is 0 Å². The predicted molar refractivity (Wildman–Crippen MR) is 165 cm³/mol. The first kappa shape index (κ1) is 32.1. The molecule has 0 aromatic rings. The van der Waals surface area contributed by atoms with Crippen molar-refractivity contribution in [2.75, 3.05) is 50.8 Å². The minimum absolute atomic E-state index is 0.626. The van der Waals surface area contributed by atoms with E-state index in [1.807, 2.05) is 27.7 Å². The van der Waals surface area contributed by atoms with E-state index in [2.05, 4.69) is 20.0 Å². The molecule has 10 heteroatoms. The molecule has 0 amide bonds. The minimum atomic E-state index is -2.44. The SMILES string of the molecule is CCP(=O)(CC)NC(=S)N(CCCCN(CC1CCCC1)C(=S)NP(=O)(CC)CC)CC1CCCC1. The van der Waals surface area contributed by atoms with E-state index < -0.39 is 14.6 Å². The van der Waals surface area contributed by atoms with Crippen molar-refractivity contribution < 1.29 is 9.13 Å². The Morgan fingerprint density at radius 1 is 0.667 bits per heavy atom. The molecule has 2 saturated carbocycles. The van der Waals surface area contributed by atoms with Gasteiger partial charge in [0.1, 0.15) is 0 Å². The van der Waals surface area contributed by atoms with Crippen molar-refractivity contribution in [1.82, 2.24) is 20.0 Å². The van der Waals surface area contributed by atoms with Crippen molar-refractivity contribution in [1.29, 1.82) is 0 Å². The van der Waals surface area contributed by atoms with Crippen LogP contribution in [0.3, 0.4) is 0 Å². The van der Waals surface area contributed by atoms with Crippen molar-refractivity contribution in [3.8, 4) is 0 Å². The zero-order valence-corrected chi connectivity index (χ0v) is 26.7. The molecule has 2 N–H and O–H groups in total. The molecule has 210 valence electrons. The summed E-state index contributed by atoms with van der Waals surface area (Å²) in [5, 5.41) is 7.86. The van der Waals surface area contributed by atoms with Crippen LogP contribution in [0.1, 0.15) is 91.9 Å². The third-order valence-electron chi connectivity index (χ3n) is 8.23. The third kappa shape index (κ3) is 10.5. The summed E-state index contributed by atoms with van der Waals surface area (Å²) in [6.07, 6.45) is 14.8. The maximum absolute atomic E-state index is 13.0. The Balaban J connectivity index is 1.97. The molecule has 2 aliphatic carbocycles. The van der Waals surface area contributed by atoms with Gasteiger partial charge in [-0.05, 0) is 74.8 Å². The molecule has 0 aliphatic heterocycles. The zero-order chi connectivity index (χ0) is 26.6. The van der Waals surface area contributed by atoms with E-state index in [9.17, 15) is 9.13 Å². The summed E-state index contributed by atoms with van der Waals surface area (Å²) in [5.74, 6) is 1.36. The number of hydrogen-bond acceptors (Lipinski definition) is 4. The fourth-order valence-corrected chi connectivity index (χ4v) is 9.26. The van der Waals surface area contributed by atoms with E-state index in [0.29, 0.717) is 46.7 Å². The maximum Gasteiger partial charge on any atom is 0.174 e. The number of nitrogens with one attached hydrogen (secondary N) is 2. The van der Waals surface area contributed by atoms with Crippen LogP contribution in [-0.4, -0.2) is 70.9 Å². The van der Waals surface area contributed by atoms with Gasteiger partial charge in [-0.15, -0.1) is 0 Å². The molecule has 0 radical (unpaired) electrons. The van der Waals surface area contributed by atoms with Crippen molar-refractivity contribution in [2.45, 2.75) is 91.9 Å². The Morgan fingerprint density at radius 3 is 1.25 bits per heavy atom.